The third kappa shape index (κ3) is 6.33. The van der Waals surface area contributed by atoms with Gasteiger partial charge >= 0.3 is 6.18 Å². The van der Waals surface area contributed by atoms with Crippen LogP contribution in [0.4, 0.5) is 23.2 Å². The third-order valence-electron chi connectivity index (χ3n) is 5.86. The second-order valence-corrected chi connectivity index (χ2v) is 9.45. The Balaban J connectivity index is 1.93. The number of aliphatic hydroxyl groups is 1. The van der Waals surface area contributed by atoms with Gasteiger partial charge in [-0.05, 0) is 51.5 Å². The van der Waals surface area contributed by atoms with Crippen molar-refractivity contribution in [3.63, 3.8) is 0 Å². The van der Waals surface area contributed by atoms with Crippen molar-refractivity contribution in [1.29, 1.82) is 5.26 Å². The molecule has 3 aromatic rings. The molecule has 3 aromatic heterocycles. The molecule has 0 radical (unpaired) electrons. The number of nitriles is 1. The lowest BCUT2D eigenvalue weighted by atomic mass is 9.98. The molecule has 0 saturated carbocycles. The van der Waals surface area contributed by atoms with Crippen LogP contribution in [0.2, 0.25) is 0 Å². The summed E-state index contributed by atoms with van der Waals surface area (Å²) in [5.41, 5.74) is 3.16. The lowest BCUT2D eigenvalue weighted by Crippen LogP contribution is -2.51. The number of carbonyl (C=O) groups is 1. The van der Waals surface area contributed by atoms with Gasteiger partial charge < -0.3 is 21.5 Å². The number of halogens is 4. The van der Waals surface area contributed by atoms with Crippen LogP contribution in [0.3, 0.4) is 0 Å². The highest BCUT2D eigenvalue weighted by Gasteiger charge is 2.47. The van der Waals surface area contributed by atoms with Crippen molar-refractivity contribution < 1.29 is 27.5 Å². The van der Waals surface area contributed by atoms with Crippen LogP contribution in [0.5, 0.6) is 0 Å². The van der Waals surface area contributed by atoms with Crippen LogP contribution in [0.25, 0.3) is 16.9 Å². The van der Waals surface area contributed by atoms with E-state index in [1.807, 2.05) is 6.07 Å². The molecule has 198 valence electrons. The molecule has 0 aliphatic rings. The number of hydrogen-bond acceptors (Lipinski definition) is 7. The molecule has 3 rings (SSSR count). The maximum atomic E-state index is 14.1. The van der Waals surface area contributed by atoms with Gasteiger partial charge in [0.05, 0.1) is 52.1 Å². The van der Waals surface area contributed by atoms with Crippen molar-refractivity contribution in [2.75, 3.05) is 18.4 Å². The van der Waals surface area contributed by atoms with Crippen LogP contribution in [0.1, 0.15) is 43.1 Å². The van der Waals surface area contributed by atoms with Crippen molar-refractivity contribution in [3.8, 4) is 17.5 Å². The van der Waals surface area contributed by atoms with E-state index in [1.165, 1.54) is 36.8 Å². The van der Waals surface area contributed by atoms with E-state index in [0.717, 1.165) is 6.92 Å². The number of nitrogens with zero attached hydrogens (tertiary/aromatic N) is 4. The fraction of sp³-hybridized carbons (Fsp3) is 0.417. The Bertz CT molecular complexity index is 1320. The Labute approximate surface area is 210 Å². The minimum absolute atomic E-state index is 0.0435. The maximum absolute atomic E-state index is 14.1. The number of nitrogens with one attached hydrogen (secondary N) is 2. The second kappa shape index (κ2) is 10.3. The number of fused-ring (bicyclic) bond motifs is 1. The van der Waals surface area contributed by atoms with E-state index in [4.69, 9.17) is 11.0 Å². The van der Waals surface area contributed by atoms with Gasteiger partial charge in [0.1, 0.15) is 17.8 Å². The first-order chi connectivity index (χ1) is 17.1. The number of alkyl halides is 4. The zero-order valence-electron chi connectivity index (χ0n) is 20.4. The summed E-state index contributed by atoms with van der Waals surface area (Å²) in [5, 5.41) is 28.2. The van der Waals surface area contributed by atoms with Gasteiger partial charge in [0.2, 0.25) is 0 Å². The summed E-state index contributed by atoms with van der Waals surface area (Å²) in [7, 11) is 0. The molecule has 13 heteroatoms. The molecule has 5 N–H and O–H groups in total. The van der Waals surface area contributed by atoms with Gasteiger partial charge in [0.15, 0.2) is 0 Å². The summed E-state index contributed by atoms with van der Waals surface area (Å²) in [5.74, 6) is -0.739. The number of aromatic nitrogens is 3. The SMILES string of the molecule is CC(C)(O)C(F)CNC(=O)c1cnc(-c2ccc3cc(C#N)cnn23)cc1NCCC(C)(N)C(F)(F)F. The van der Waals surface area contributed by atoms with Crippen molar-refractivity contribution in [2.24, 2.45) is 5.73 Å². The van der Waals surface area contributed by atoms with Gasteiger partial charge in [-0.15, -0.1) is 0 Å². The molecule has 0 saturated heterocycles. The first-order valence-corrected chi connectivity index (χ1v) is 11.3. The first-order valence-electron chi connectivity index (χ1n) is 11.3. The molecular weight excluding hydrogens is 494 g/mol. The van der Waals surface area contributed by atoms with Crippen molar-refractivity contribution >= 4 is 17.1 Å². The molecule has 37 heavy (non-hydrogen) atoms. The molecule has 9 nitrogen and oxygen atoms in total. The van der Waals surface area contributed by atoms with Gasteiger partial charge in [-0.2, -0.15) is 23.5 Å². The largest absolute Gasteiger partial charge is 0.406 e. The number of pyridine rings is 1. The quantitative estimate of drug-likeness (QED) is 0.317. The monoisotopic (exact) mass is 521 g/mol. The van der Waals surface area contributed by atoms with Crippen LogP contribution in [0.15, 0.2) is 36.7 Å². The molecular formula is C24H27F4N7O2. The van der Waals surface area contributed by atoms with E-state index in [-0.39, 0.29) is 17.8 Å². The lowest BCUT2D eigenvalue weighted by molar-refractivity contribution is -0.181. The molecule has 1 amide bonds. The van der Waals surface area contributed by atoms with E-state index in [0.29, 0.717) is 22.5 Å². The molecule has 0 bridgehead atoms. The molecule has 0 spiro atoms. The summed E-state index contributed by atoms with van der Waals surface area (Å²) in [6.45, 7) is 2.66. The standard InChI is InChI=1S/C24H27F4N7O2/c1-22(2,37)20(25)13-33-21(36)16-12-32-18(9-17(16)31-7-6-23(3,30)24(26,27)28)19-5-4-15-8-14(10-29)11-34-35(15)19/h4-5,8-9,11-12,20,37H,6-7,13,30H2,1-3H3,(H,31,32)(H,33,36). The number of amides is 1. The van der Waals surface area contributed by atoms with Gasteiger partial charge in [-0.25, -0.2) is 8.91 Å². The number of nitrogens with two attached hydrogens (primary N) is 1. The topological polar surface area (TPSA) is 141 Å². The fourth-order valence-electron chi connectivity index (χ4n) is 3.30. The van der Waals surface area contributed by atoms with Crippen LogP contribution in [-0.4, -0.2) is 62.2 Å². The smallest absolute Gasteiger partial charge is 0.387 e. The van der Waals surface area contributed by atoms with Crippen LogP contribution in [0, 0.1) is 11.3 Å². The van der Waals surface area contributed by atoms with Crippen LogP contribution >= 0.6 is 0 Å². The van der Waals surface area contributed by atoms with Crippen molar-refractivity contribution in [1.82, 2.24) is 19.9 Å². The number of rotatable bonds is 9. The van der Waals surface area contributed by atoms with Gasteiger partial charge in [-0.1, -0.05) is 0 Å². The predicted molar refractivity (Wildman–Crippen MR) is 128 cm³/mol. The minimum Gasteiger partial charge on any atom is -0.387 e. The van der Waals surface area contributed by atoms with Gasteiger partial charge in [0.25, 0.3) is 5.91 Å². The molecule has 0 aromatic carbocycles. The van der Waals surface area contributed by atoms with Crippen LogP contribution in [-0.2, 0) is 0 Å². The van der Waals surface area contributed by atoms with E-state index in [2.05, 4.69) is 20.7 Å². The van der Waals surface area contributed by atoms with E-state index in [9.17, 15) is 27.5 Å². The number of hydrogen-bond donors (Lipinski definition) is 4. The Morgan fingerprint density at radius 2 is 1.95 bits per heavy atom. The molecule has 3 heterocycles. The zero-order chi connectivity index (χ0) is 27.6. The second-order valence-electron chi connectivity index (χ2n) is 9.45. The molecule has 2 unspecified atom stereocenters. The number of anilines is 1. The predicted octanol–water partition coefficient (Wildman–Crippen LogP) is 3.19. The summed E-state index contributed by atoms with van der Waals surface area (Å²) in [6.07, 6.45) is -4.32. The van der Waals surface area contributed by atoms with Gasteiger partial charge in [0, 0.05) is 12.7 Å². The molecule has 0 aliphatic heterocycles. The Kier molecular flexibility index (Phi) is 7.75. The normalized spacial score (nSPS) is 14.6. The highest BCUT2D eigenvalue weighted by Crippen LogP contribution is 2.31. The minimum atomic E-state index is -4.63. The molecule has 2 atom stereocenters. The lowest BCUT2D eigenvalue weighted by Gasteiger charge is -2.28. The highest BCUT2D eigenvalue weighted by atomic mass is 19.4. The fourth-order valence-corrected chi connectivity index (χ4v) is 3.30. The van der Waals surface area contributed by atoms with Crippen molar-refractivity contribution in [2.45, 2.75) is 50.7 Å². The number of carbonyl (C=O) groups excluding carboxylic acids is 1. The van der Waals surface area contributed by atoms with Crippen molar-refractivity contribution in [3.05, 3.63) is 47.8 Å². The zero-order valence-corrected chi connectivity index (χ0v) is 20.4. The third-order valence-corrected chi connectivity index (χ3v) is 5.86. The summed E-state index contributed by atoms with van der Waals surface area (Å²) in [4.78, 5) is 17.1. The van der Waals surface area contributed by atoms with E-state index in [1.54, 1.807) is 18.2 Å². The Hall–Kier alpha value is -3.76. The summed E-state index contributed by atoms with van der Waals surface area (Å²) >= 11 is 0. The molecule has 0 aliphatic carbocycles. The summed E-state index contributed by atoms with van der Waals surface area (Å²) < 4.78 is 55.2. The highest BCUT2D eigenvalue weighted by molar-refractivity contribution is 6.00. The Morgan fingerprint density at radius 3 is 2.57 bits per heavy atom. The maximum Gasteiger partial charge on any atom is 0.406 e. The van der Waals surface area contributed by atoms with E-state index < -0.39 is 42.4 Å². The average Bonchev–Trinajstić information content (AvgIpc) is 3.24. The first kappa shape index (κ1) is 27.8. The van der Waals surface area contributed by atoms with E-state index >= 15 is 0 Å². The Morgan fingerprint density at radius 1 is 1.24 bits per heavy atom. The average molecular weight is 522 g/mol. The summed E-state index contributed by atoms with van der Waals surface area (Å²) in [6, 6.07) is 8.47. The molecule has 0 fully saturated rings. The van der Waals surface area contributed by atoms with Crippen LogP contribution < -0.4 is 16.4 Å². The van der Waals surface area contributed by atoms with Gasteiger partial charge in [-0.3, -0.25) is 9.78 Å².